The highest BCUT2D eigenvalue weighted by molar-refractivity contribution is 5.15. The Morgan fingerprint density at radius 3 is 2.38 bits per heavy atom. The van der Waals surface area contributed by atoms with Gasteiger partial charge in [0, 0.05) is 6.42 Å². The Hall–Kier alpha value is -0.900. The van der Waals surface area contributed by atoms with E-state index in [-0.39, 0.29) is 0 Å². The van der Waals surface area contributed by atoms with Crippen molar-refractivity contribution in [3.63, 3.8) is 0 Å². The zero-order valence-corrected chi connectivity index (χ0v) is 7.64. The SMILES string of the molecule is CC(O)NC(O)Cc1ccccc1. The summed E-state index contributed by atoms with van der Waals surface area (Å²) in [5, 5.41) is 20.9. The molecule has 2 unspecified atom stereocenters. The molecule has 2 atom stereocenters. The molecular formula is C10H15NO2. The van der Waals surface area contributed by atoms with Crippen LogP contribution in [0.25, 0.3) is 0 Å². The second-order valence-corrected chi connectivity index (χ2v) is 3.05. The van der Waals surface area contributed by atoms with Crippen molar-refractivity contribution in [1.29, 1.82) is 0 Å². The van der Waals surface area contributed by atoms with Crippen molar-refractivity contribution in [3.8, 4) is 0 Å². The van der Waals surface area contributed by atoms with Gasteiger partial charge in [0.15, 0.2) is 0 Å². The number of benzene rings is 1. The van der Waals surface area contributed by atoms with Crippen LogP contribution in [-0.2, 0) is 6.42 Å². The molecule has 1 aromatic carbocycles. The number of aliphatic hydroxyl groups is 2. The van der Waals surface area contributed by atoms with Gasteiger partial charge in [0.25, 0.3) is 0 Å². The summed E-state index contributed by atoms with van der Waals surface area (Å²) < 4.78 is 0. The molecule has 0 saturated heterocycles. The summed E-state index contributed by atoms with van der Waals surface area (Å²) in [7, 11) is 0. The molecule has 0 aliphatic heterocycles. The monoisotopic (exact) mass is 181 g/mol. The van der Waals surface area contributed by atoms with Gasteiger partial charge < -0.3 is 10.2 Å². The number of nitrogens with one attached hydrogen (secondary N) is 1. The Kier molecular flexibility index (Phi) is 3.89. The maximum atomic E-state index is 9.40. The molecular weight excluding hydrogens is 166 g/mol. The van der Waals surface area contributed by atoms with Crippen LogP contribution in [-0.4, -0.2) is 22.7 Å². The van der Waals surface area contributed by atoms with E-state index in [1.807, 2.05) is 30.3 Å². The molecule has 0 fully saturated rings. The lowest BCUT2D eigenvalue weighted by atomic mass is 10.1. The first-order chi connectivity index (χ1) is 6.18. The Morgan fingerprint density at radius 2 is 1.85 bits per heavy atom. The van der Waals surface area contributed by atoms with E-state index < -0.39 is 12.5 Å². The fourth-order valence-corrected chi connectivity index (χ4v) is 1.17. The molecule has 0 heterocycles. The normalized spacial score (nSPS) is 15.3. The molecule has 0 spiro atoms. The highest BCUT2D eigenvalue weighted by atomic mass is 16.3. The molecule has 0 saturated carbocycles. The predicted molar refractivity (Wildman–Crippen MR) is 51.0 cm³/mol. The smallest absolute Gasteiger partial charge is 0.110 e. The predicted octanol–water partition coefficient (Wildman–Crippen LogP) is 0.475. The Bertz CT molecular complexity index is 236. The van der Waals surface area contributed by atoms with Crippen molar-refractivity contribution in [2.75, 3.05) is 0 Å². The van der Waals surface area contributed by atoms with E-state index in [1.54, 1.807) is 6.92 Å². The second-order valence-electron chi connectivity index (χ2n) is 3.05. The van der Waals surface area contributed by atoms with Crippen LogP contribution in [0.15, 0.2) is 30.3 Å². The molecule has 0 bridgehead atoms. The largest absolute Gasteiger partial charge is 0.379 e. The van der Waals surface area contributed by atoms with E-state index in [4.69, 9.17) is 5.11 Å². The topological polar surface area (TPSA) is 52.5 Å². The van der Waals surface area contributed by atoms with E-state index in [1.165, 1.54) is 0 Å². The average molecular weight is 181 g/mol. The van der Waals surface area contributed by atoms with E-state index in [9.17, 15) is 5.11 Å². The zero-order chi connectivity index (χ0) is 9.68. The summed E-state index contributed by atoms with van der Waals surface area (Å²) >= 11 is 0. The van der Waals surface area contributed by atoms with Gasteiger partial charge in [-0.25, -0.2) is 0 Å². The minimum absolute atomic E-state index is 0.506. The van der Waals surface area contributed by atoms with E-state index in [0.717, 1.165) is 5.56 Å². The molecule has 3 heteroatoms. The lowest BCUT2D eigenvalue weighted by molar-refractivity contribution is 0.0527. The van der Waals surface area contributed by atoms with Gasteiger partial charge in [-0.2, -0.15) is 0 Å². The molecule has 0 aromatic heterocycles. The summed E-state index contributed by atoms with van der Waals surface area (Å²) in [4.78, 5) is 0. The minimum atomic E-state index is -0.692. The molecule has 1 rings (SSSR count). The summed E-state index contributed by atoms with van der Waals surface area (Å²) in [6.07, 6.45) is -0.868. The van der Waals surface area contributed by atoms with Gasteiger partial charge >= 0.3 is 0 Å². The maximum absolute atomic E-state index is 9.40. The summed E-state index contributed by atoms with van der Waals surface area (Å²) in [5.41, 5.74) is 1.04. The standard InChI is InChI=1S/C10H15NO2/c1-8(12)11-10(13)7-9-5-3-2-4-6-9/h2-6,8,10-13H,7H2,1H3. The molecule has 0 aliphatic carbocycles. The first-order valence-corrected chi connectivity index (χ1v) is 4.34. The van der Waals surface area contributed by atoms with Crippen LogP contribution in [0.4, 0.5) is 0 Å². The van der Waals surface area contributed by atoms with Crippen LogP contribution >= 0.6 is 0 Å². The third-order valence-corrected chi connectivity index (χ3v) is 1.71. The van der Waals surface area contributed by atoms with Crippen LogP contribution in [0.5, 0.6) is 0 Å². The van der Waals surface area contributed by atoms with Gasteiger partial charge in [-0.1, -0.05) is 30.3 Å². The van der Waals surface area contributed by atoms with Gasteiger partial charge in [-0.15, -0.1) is 0 Å². The highest BCUT2D eigenvalue weighted by Crippen LogP contribution is 2.01. The molecule has 0 radical (unpaired) electrons. The quantitative estimate of drug-likeness (QED) is 0.592. The average Bonchev–Trinajstić information content (AvgIpc) is 2.04. The van der Waals surface area contributed by atoms with Crippen LogP contribution in [0.3, 0.4) is 0 Å². The summed E-state index contributed by atoms with van der Waals surface area (Å²) in [5.74, 6) is 0. The van der Waals surface area contributed by atoms with Crippen molar-refractivity contribution < 1.29 is 10.2 Å². The van der Waals surface area contributed by atoms with Crippen LogP contribution < -0.4 is 5.32 Å². The van der Waals surface area contributed by atoms with E-state index in [2.05, 4.69) is 5.32 Å². The van der Waals surface area contributed by atoms with E-state index in [0.29, 0.717) is 6.42 Å². The van der Waals surface area contributed by atoms with Crippen molar-refractivity contribution >= 4 is 0 Å². The number of hydrogen-bond acceptors (Lipinski definition) is 3. The van der Waals surface area contributed by atoms with Crippen LogP contribution in [0.1, 0.15) is 12.5 Å². The Morgan fingerprint density at radius 1 is 1.23 bits per heavy atom. The van der Waals surface area contributed by atoms with Crippen LogP contribution in [0.2, 0.25) is 0 Å². The van der Waals surface area contributed by atoms with Crippen molar-refractivity contribution in [2.24, 2.45) is 0 Å². The van der Waals surface area contributed by atoms with Crippen molar-refractivity contribution in [1.82, 2.24) is 5.32 Å². The molecule has 0 amide bonds. The summed E-state index contributed by atoms with van der Waals surface area (Å²) in [6.45, 7) is 1.58. The second kappa shape index (κ2) is 4.97. The van der Waals surface area contributed by atoms with Gasteiger partial charge in [-0.3, -0.25) is 5.32 Å². The molecule has 0 aliphatic rings. The Labute approximate surface area is 78.0 Å². The number of aliphatic hydroxyl groups excluding tert-OH is 2. The van der Waals surface area contributed by atoms with Gasteiger partial charge in [-0.05, 0) is 12.5 Å². The van der Waals surface area contributed by atoms with Crippen molar-refractivity contribution in [2.45, 2.75) is 25.8 Å². The number of hydrogen-bond donors (Lipinski definition) is 3. The van der Waals surface area contributed by atoms with Crippen LogP contribution in [0, 0.1) is 0 Å². The third-order valence-electron chi connectivity index (χ3n) is 1.71. The first-order valence-electron chi connectivity index (χ1n) is 4.34. The number of rotatable bonds is 4. The third kappa shape index (κ3) is 4.03. The highest BCUT2D eigenvalue weighted by Gasteiger charge is 2.06. The van der Waals surface area contributed by atoms with E-state index >= 15 is 0 Å². The van der Waals surface area contributed by atoms with Gasteiger partial charge in [0.2, 0.25) is 0 Å². The minimum Gasteiger partial charge on any atom is -0.379 e. The van der Waals surface area contributed by atoms with Crippen molar-refractivity contribution in [3.05, 3.63) is 35.9 Å². The molecule has 72 valence electrons. The fourth-order valence-electron chi connectivity index (χ4n) is 1.17. The van der Waals surface area contributed by atoms with Gasteiger partial charge in [0.1, 0.15) is 12.5 Å². The van der Waals surface area contributed by atoms with Gasteiger partial charge in [0.05, 0.1) is 0 Å². The summed E-state index contributed by atoms with van der Waals surface area (Å²) in [6, 6.07) is 9.65. The zero-order valence-electron chi connectivity index (χ0n) is 7.64. The molecule has 1 aromatic rings. The molecule has 13 heavy (non-hydrogen) atoms. The molecule has 3 nitrogen and oxygen atoms in total. The maximum Gasteiger partial charge on any atom is 0.110 e. The lowest BCUT2D eigenvalue weighted by Crippen LogP contribution is -2.37. The lowest BCUT2D eigenvalue weighted by Gasteiger charge is -2.14. The fraction of sp³-hybridized carbons (Fsp3) is 0.400. The molecule has 3 N–H and O–H groups in total. The Balaban J connectivity index is 2.41. The first kappa shape index (κ1) is 10.2.